The zero-order valence-electron chi connectivity index (χ0n) is 13.5. The Morgan fingerprint density at radius 2 is 2.00 bits per heavy atom. The molecule has 0 bridgehead atoms. The number of thioether (sulfide) groups is 1. The fraction of sp³-hybridized carbons (Fsp3) is 0.368. The van der Waals surface area contributed by atoms with Crippen LogP contribution in [-0.4, -0.2) is 17.8 Å². The van der Waals surface area contributed by atoms with E-state index in [1.165, 1.54) is 6.07 Å². The van der Waals surface area contributed by atoms with E-state index in [-0.39, 0.29) is 22.6 Å². The molecule has 4 rings (SSSR count). The number of fused-ring (bicyclic) bond motifs is 3. The van der Waals surface area contributed by atoms with Crippen molar-refractivity contribution in [3.8, 4) is 5.75 Å². The lowest BCUT2D eigenvalue weighted by molar-refractivity contribution is 0.0450. The van der Waals surface area contributed by atoms with Crippen LogP contribution in [0.4, 0.5) is 4.39 Å². The molecular weight excluding hydrogens is 378 g/mol. The van der Waals surface area contributed by atoms with E-state index < -0.39 is 0 Å². The molecule has 0 saturated heterocycles. The van der Waals surface area contributed by atoms with Gasteiger partial charge in [-0.3, -0.25) is 0 Å². The second-order valence-corrected chi connectivity index (χ2v) is 9.18. The van der Waals surface area contributed by atoms with Gasteiger partial charge in [0.15, 0.2) is 11.6 Å². The Labute approximate surface area is 158 Å². The minimum atomic E-state index is -0.324. The molecule has 0 radical (unpaired) electrons. The zero-order chi connectivity index (χ0) is 17.6. The summed E-state index contributed by atoms with van der Waals surface area (Å²) in [5.74, 6) is 0.175. The van der Waals surface area contributed by atoms with Crippen LogP contribution < -0.4 is 10.0 Å². The van der Waals surface area contributed by atoms with E-state index in [9.17, 15) is 9.50 Å². The molecule has 0 amide bonds. The normalized spacial score (nSPS) is 28.0. The van der Waals surface area contributed by atoms with E-state index in [2.05, 4.69) is 9.24 Å². The van der Waals surface area contributed by atoms with Gasteiger partial charge in [0.05, 0.1) is 17.5 Å². The molecule has 1 fully saturated rings. The first-order valence-electron chi connectivity index (χ1n) is 8.33. The molecule has 6 heteroatoms. The van der Waals surface area contributed by atoms with E-state index in [0.717, 1.165) is 22.2 Å². The molecule has 2 aromatic carbocycles. The molecule has 1 N–H and O–H groups in total. The molecule has 25 heavy (non-hydrogen) atoms. The molecule has 4 atom stereocenters. The standard InChI is InChI=1S/C19H19ClFO2PS/c20-12-1-3-14(4-2-12)25-19-8-7-13(22)9-11(19)10-23-18-15(21)5-6-16(24)17(18)19/h1-6,11,13,22H,7-10,24H2/t11?,13?,19-/m0/s1. The predicted octanol–water partition coefficient (Wildman–Crippen LogP) is 4.52. The number of halogens is 2. The summed E-state index contributed by atoms with van der Waals surface area (Å²) >= 11 is 7.76. The maximum atomic E-state index is 14.4. The summed E-state index contributed by atoms with van der Waals surface area (Å²) in [5, 5.41) is 11.8. The predicted molar refractivity (Wildman–Crippen MR) is 104 cm³/mol. The summed E-state index contributed by atoms with van der Waals surface area (Å²) in [6, 6.07) is 11.0. The molecule has 1 aliphatic heterocycles. The average Bonchev–Trinajstić information content (AvgIpc) is 2.60. The maximum absolute atomic E-state index is 14.4. The van der Waals surface area contributed by atoms with Crippen molar-refractivity contribution >= 4 is 37.9 Å². The first kappa shape index (κ1) is 17.6. The first-order chi connectivity index (χ1) is 12.0. The Morgan fingerprint density at radius 1 is 1.24 bits per heavy atom. The summed E-state index contributed by atoms with van der Waals surface area (Å²) in [4.78, 5) is 1.09. The van der Waals surface area contributed by atoms with Gasteiger partial charge in [0.1, 0.15) is 0 Å². The van der Waals surface area contributed by atoms with Crippen molar-refractivity contribution in [2.45, 2.75) is 35.0 Å². The lowest BCUT2D eigenvalue weighted by Crippen LogP contribution is -2.47. The van der Waals surface area contributed by atoms with Crippen LogP contribution in [0.5, 0.6) is 5.75 Å². The van der Waals surface area contributed by atoms with Gasteiger partial charge in [-0.25, -0.2) is 4.39 Å². The highest BCUT2D eigenvalue weighted by molar-refractivity contribution is 8.00. The highest BCUT2D eigenvalue weighted by Gasteiger charge is 2.51. The van der Waals surface area contributed by atoms with E-state index in [1.807, 2.05) is 24.3 Å². The quantitative estimate of drug-likeness (QED) is 0.757. The largest absolute Gasteiger partial charge is 0.490 e. The summed E-state index contributed by atoms with van der Waals surface area (Å²) < 4.78 is 19.9. The third kappa shape index (κ3) is 3.08. The topological polar surface area (TPSA) is 29.5 Å². The second kappa shape index (κ2) is 6.74. The molecule has 2 aromatic rings. The molecule has 1 heterocycles. The van der Waals surface area contributed by atoms with Crippen molar-refractivity contribution in [1.29, 1.82) is 0 Å². The van der Waals surface area contributed by atoms with Gasteiger partial charge in [-0.2, -0.15) is 0 Å². The Kier molecular flexibility index (Phi) is 4.74. The minimum Gasteiger partial charge on any atom is -0.490 e. The van der Waals surface area contributed by atoms with E-state index in [1.54, 1.807) is 17.8 Å². The Balaban J connectivity index is 1.85. The van der Waals surface area contributed by atoms with Crippen LogP contribution >= 0.6 is 32.6 Å². The van der Waals surface area contributed by atoms with Gasteiger partial charge < -0.3 is 9.84 Å². The molecule has 132 valence electrons. The lowest BCUT2D eigenvalue weighted by atomic mass is 9.72. The molecule has 1 saturated carbocycles. The van der Waals surface area contributed by atoms with Gasteiger partial charge in [-0.05, 0) is 54.9 Å². The van der Waals surface area contributed by atoms with Crippen molar-refractivity contribution in [3.63, 3.8) is 0 Å². The van der Waals surface area contributed by atoms with Crippen LogP contribution in [-0.2, 0) is 4.75 Å². The smallest absolute Gasteiger partial charge is 0.165 e. The van der Waals surface area contributed by atoms with Crippen LogP contribution in [0.1, 0.15) is 24.8 Å². The van der Waals surface area contributed by atoms with Gasteiger partial charge in [0.25, 0.3) is 0 Å². The molecule has 2 aliphatic rings. The van der Waals surface area contributed by atoms with Crippen LogP contribution in [0.3, 0.4) is 0 Å². The van der Waals surface area contributed by atoms with Crippen molar-refractivity contribution < 1.29 is 14.2 Å². The number of aliphatic hydroxyl groups is 1. The van der Waals surface area contributed by atoms with E-state index in [4.69, 9.17) is 16.3 Å². The van der Waals surface area contributed by atoms with Crippen LogP contribution in [0.15, 0.2) is 41.3 Å². The Morgan fingerprint density at radius 3 is 2.76 bits per heavy atom. The van der Waals surface area contributed by atoms with Gasteiger partial charge in [0, 0.05) is 21.4 Å². The fourth-order valence-corrected chi connectivity index (χ4v) is 6.26. The third-order valence-electron chi connectivity index (χ3n) is 5.17. The highest BCUT2D eigenvalue weighted by atomic mass is 35.5. The lowest BCUT2D eigenvalue weighted by Gasteiger charge is -2.49. The second-order valence-electron chi connectivity index (χ2n) is 6.72. The van der Waals surface area contributed by atoms with Crippen molar-refractivity contribution in [2.75, 3.05) is 6.61 Å². The molecular formula is C19H19ClFO2PS. The first-order valence-corrected chi connectivity index (χ1v) is 10.1. The molecule has 2 nitrogen and oxygen atoms in total. The van der Waals surface area contributed by atoms with Gasteiger partial charge in [-0.1, -0.05) is 17.7 Å². The Hall–Kier alpha value is -0.800. The fourth-order valence-electron chi connectivity index (χ4n) is 3.99. The van der Waals surface area contributed by atoms with Gasteiger partial charge in [0.2, 0.25) is 0 Å². The van der Waals surface area contributed by atoms with E-state index in [0.29, 0.717) is 30.2 Å². The summed E-state index contributed by atoms with van der Waals surface area (Å²) in [6.07, 6.45) is 1.83. The molecule has 1 aliphatic carbocycles. The zero-order valence-corrected chi connectivity index (χ0v) is 16.3. The summed E-state index contributed by atoms with van der Waals surface area (Å²) in [6.45, 7) is 0.426. The van der Waals surface area contributed by atoms with Crippen LogP contribution in [0, 0.1) is 11.7 Å². The van der Waals surface area contributed by atoms with E-state index >= 15 is 0 Å². The van der Waals surface area contributed by atoms with Crippen molar-refractivity contribution in [2.24, 2.45) is 5.92 Å². The average molecular weight is 397 g/mol. The number of aliphatic hydroxyl groups excluding tert-OH is 1. The Bertz CT molecular complexity index is 801. The summed E-state index contributed by atoms with van der Waals surface area (Å²) in [5.41, 5.74) is 0.917. The number of rotatable bonds is 2. The minimum absolute atomic E-state index is 0.130. The third-order valence-corrected chi connectivity index (χ3v) is 7.52. The maximum Gasteiger partial charge on any atom is 0.165 e. The van der Waals surface area contributed by atoms with Crippen LogP contribution in [0.25, 0.3) is 0 Å². The monoisotopic (exact) mass is 396 g/mol. The molecule has 0 spiro atoms. The van der Waals surface area contributed by atoms with Crippen molar-refractivity contribution in [1.82, 2.24) is 0 Å². The number of hydrogen-bond acceptors (Lipinski definition) is 3. The molecule has 0 aromatic heterocycles. The molecule has 3 unspecified atom stereocenters. The van der Waals surface area contributed by atoms with Gasteiger partial charge in [-0.15, -0.1) is 21.0 Å². The number of hydrogen-bond donors (Lipinski definition) is 1. The van der Waals surface area contributed by atoms with Crippen LogP contribution in [0.2, 0.25) is 5.02 Å². The number of ether oxygens (including phenoxy) is 1. The SMILES string of the molecule is OC1CC[C@@]2(Sc3ccc(Cl)cc3)c3c(P)ccc(F)c3OCC2C1. The van der Waals surface area contributed by atoms with Gasteiger partial charge >= 0.3 is 0 Å². The van der Waals surface area contributed by atoms with Crippen molar-refractivity contribution in [3.05, 3.63) is 52.8 Å². The summed E-state index contributed by atoms with van der Waals surface area (Å²) in [7, 11) is 2.72. The highest BCUT2D eigenvalue weighted by Crippen LogP contribution is 2.58. The number of benzene rings is 2.